The molecule has 0 aliphatic heterocycles. The zero-order chi connectivity index (χ0) is 12.8. The molecule has 0 aliphatic rings. The third-order valence-corrected chi connectivity index (χ3v) is 2.63. The summed E-state index contributed by atoms with van der Waals surface area (Å²) in [7, 11) is 0. The van der Waals surface area contributed by atoms with E-state index in [1.807, 2.05) is 6.07 Å². The fraction of sp³-hybridized carbons (Fsp3) is 0.286. The maximum absolute atomic E-state index is 13.8. The highest BCUT2D eigenvalue weighted by Crippen LogP contribution is 2.21. The maximum Gasteiger partial charge on any atom is 0.132 e. The van der Waals surface area contributed by atoms with Crippen molar-refractivity contribution in [3.05, 3.63) is 48.2 Å². The maximum atomic E-state index is 13.8. The van der Waals surface area contributed by atoms with Gasteiger partial charge in [-0.2, -0.15) is 0 Å². The van der Waals surface area contributed by atoms with Gasteiger partial charge in [0.05, 0.1) is 11.9 Å². The third-order valence-electron chi connectivity index (χ3n) is 2.63. The van der Waals surface area contributed by atoms with E-state index >= 15 is 0 Å². The molecule has 0 saturated carbocycles. The van der Waals surface area contributed by atoms with Crippen molar-refractivity contribution < 1.29 is 4.39 Å². The molecule has 3 nitrogen and oxygen atoms in total. The van der Waals surface area contributed by atoms with Crippen LogP contribution in [-0.4, -0.2) is 16.5 Å². The van der Waals surface area contributed by atoms with Gasteiger partial charge >= 0.3 is 0 Å². The van der Waals surface area contributed by atoms with Crippen LogP contribution in [0.1, 0.15) is 18.9 Å². The molecule has 0 fully saturated rings. The highest BCUT2D eigenvalue weighted by Gasteiger charge is 2.07. The minimum Gasteiger partial charge on any atom is -0.313 e. The molecular weight excluding hydrogens is 229 g/mol. The molecule has 1 aromatic heterocycles. The number of nitrogens with one attached hydrogen (secondary N) is 1. The fourth-order valence-electron chi connectivity index (χ4n) is 1.73. The first kappa shape index (κ1) is 12.6. The van der Waals surface area contributed by atoms with Gasteiger partial charge in [0.15, 0.2) is 0 Å². The Kier molecular flexibility index (Phi) is 4.36. The van der Waals surface area contributed by atoms with Gasteiger partial charge in [0.1, 0.15) is 5.82 Å². The molecule has 2 aromatic rings. The summed E-state index contributed by atoms with van der Waals surface area (Å²) in [4.78, 5) is 8.09. The van der Waals surface area contributed by atoms with Crippen molar-refractivity contribution in [2.45, 2.75) is 19.9 Å². The summed E-state index contributed by atoms with van der Waals surface area (Å²) in [6.07, 6.45) is 5.80. The van der Waals surface area contributed by atoms with E-state index in [0.29, 0.717) is 11.3 Å². The molecule has 1 aromatic carbocycles. The second kappa shape index (κ2) is 6.21. The molecule has 18 heavy (non-hydrogen) atoms. The van der Waals surface area contributed by atoms with Crippen molar-refractivity contribution in [3.8, 4) is 11.3 Å². The molecule has 0 amide bonds. The molecule has 0 bridgehead atoms. The van der Waals surface area contributed by atoms with Gasteiger partial charge < -0.3 is 5.32 Å². The third kappa shape index (κ3) is 3.11. The summed E-state index contributed by atoms with van der Waals surface area (Å²) < 4.78 is 13.8. The van der Waals surface area contributed by atoms with Gasteiger partial charge in [-0.15, -0.1) is 0 Å². The van der Waals surface area contributed by atoms with Crippen molar-refractivity contribution in [3.63, 3.8) is 0 Å². The summed E-state index contributed by atoms with van der Waals surface area (Å²) in [5.74, 6) is -0.269. The Morgan fingerprint density at radius 1 is 1.28 bits per heavy atom. The van der Waals surface area contributed by atoms with Crippen LogP contribution in [0.2, 0.25) is 0 Å². The minimum absolute atomic E-state index is 0.269. The van der Waals surface area contributed by atoms with E-state index in [1.165, 1.54) is 6.07 Å². The fourth-order valence-corrected chi connectivity index (χ4v) is 1.73. The first-order valence-corrected chi connectivity index (χ1v) is 6.06. The molecule has 0 spiro atoms. The van der Waals surface area contributed by atoms with Gasteiger partial charge in [-0.3, -0.25) is 9.97 Å². The minimum atomic E-state index is -0.269. The van der Waals surface area contributed by atoms with Crippen LogP contribution in [-0.2, 0) is 6.54 Å². The highest BCUT2D eigenvalue weighted by atomic mass is 19.1. The standard InChI is InChI=1S/C14H16FN3/c1-2-5-16-9-11-3-4-13(15)12(8-11)14-10-17-6-7-18-14/h3-4,6-8,10,16H,2,5,9H2,1H3. The first-order chi connectivity index (χ1) is 8.81. The van der Waals surface area contributed by atoms with Crippen molar-refractivity contribution in [1.82, 2.24) is 15.3 Å². The van der Waals surface area contributed by atoms with E-state index in [-0.39, 0.29) is 5.82 Å². The topological polar surface area (TPSA) is 37.8 Å². The summed E-state index contributed by atoms with van der Waals surface area (Å²) >= 11 is 0. The molecule has 1 N–H and O–H groups in total. The number of hydrogen-bond donors (Lipinski definition) is 1. The number of benzene rings is 1. The molecule has 0 unspecified atom stereocenters. The van der Waals surface area contributed by atoms with E-state index in [1.54, 1.807) is 24.7 Å². The summed E-state index contributed by atoms with van der Waals surface area (Å²) in [6.45, 7) is 3.81. The van der Waals surface area contributed by atoms with Gasteiger partial charge in [0.25, 0.3) is 0 Å². The predicted octanol–water partition coefficient (Wildman–Crippen LogP) is 2.78. The smallest absolute Gasteiger partial charge is 0.132 e. The highest BCUT2D eigenvalue weighted by molar-refractivity contribution is 5.59. The largest absolute Gasteiger partial charge is 0.313 e. The Bertz CT molecular complexity index is 500. The molecule has 4 heteroatoms. The lowest BCUT2D eigenvalue weighted by atomic mass is 10.1. The van der Waals surface area contributed by atoms with E-state index < -0.39 is 0 Å². The van der Waals surface area contributed by atoms with E-state index in [9.17, 15) is 4.39 Å². The van der Waals surface area contributed by atoms with E-state index in [4.69, 9.17) is 0 Å². The Hall–Kier alpha value is -1.81. The molecule has 1 heterocycles. The lowest BCUT2D eigenvalue weighted by Crippen LogP contribution is -2.13. The molecule has 94 valence electrons. The monoisotopic (exact) mass is 245 g/mol. The van der Waals surface area contributed by atoms with Crippen LogP contribution in [0.3, 0.4) is 0 Å². The molecule has 0 aliphatic carbocycles. The zero-order valence-electron chi connectivity index (χ0n) is 10.4. The van der Waals surface area contributed by atoms with E-state index in [0.717, 1.165) is 25.1 Å². The Morgan fingerprint density at radius 2 is 2.17 bits per heavy atom. The Labute approximate surface area is 106 Å². The van der Waals surface area contributed by atoms with Gasteiger partial charge in [-0.25, -0.2) is 4.39 Å². The van der Waals surface area contributed by atoms with Crippen LogP contribution in [0.15, 0.2) is 36.8 Å². The normalized spacial score (nSPS) is 10.6. The van der Waals surface area contributed by atoms with Gasteiger partial charge in [0, 0.05) is 24.5 Å². The van der Waals surface area contributed by atoms with E-state index in [2.05, 4.69) is 22.2 Å². The van der Waals surface area contributed by atoms with Crippen LogP contribution < -0.4 is 5.32 Å². The molecular formula is C14H16FN3. The Balaban J connectivity index is 2.22. The number of hydrogen-bond acceptors (Lipinski definition) is 3. The number of rotatable bonds is 5. The molecule has 0 radical (unpaired) electrons. The summed E-state index contributed by atoms with van der Waals surface area (Å²) in [6, 6.07) is 5.09. The van der Waals surface area contributed by atoms with Crippen LogP contribution in [0.5, 0.6) is 0 Å². The molecule has 0 saturated heterocycles. The Morgan fingerprint density at radius 3 is 2.89 bits per heavy atom. The average Bonchev–Trinajstić information content (AvgIpc) is 2.42. The lowest BCUT2D eigenvalue weighted by Gasteiger charge is -2.07. The average molecular weight is 245 g/mol. The number of nitrogens with zero attached hydrogens (tertiary/aromatic N) is 2. The zero-order valence-corrected chi connectivity index (χ0v) is 10.4. The molecule has 0 atom stereocenters. The van der Waals surface area contributed by atoms with Crippen molar-refractivity contribution >= 4 is 0 Å². The molecule has 2 rings (SSSR count). The van der Waals surface area contributed by atoms with Gasteiger partial charge in [0.2, 0.25) is 0 Å². The van der Waals surface area contributed by atoms with Crippen LogP contribution in [0.25, 0.3) is 11.3 Å². The van der Waals surface area contributed by atoms with Crippen LogP contribution in [0.4, 0.5) is 4.39 Å². The second-order valence-electron chi connectivity index (χ2n) is 4.08. The summed E-state index contributed by atoms with van der Waals surface area (Å²) in [5.41, 5.74) is 2.11. The predicted molar refractivity (Wildman–Crippen MR) is 69.4 cm³/mol. The van der Waals surface area contributed by atoms with Gasteiger partial charge in [-0.05, 0) is 30.7 Å². The quantitative estimate of drug-likeness (QED) is 0.823. The van der Waals surface area contributed by atoms with Crippen LogP contribution in [0, 0.1) is 5.82 Å². The van der Waals surface area contributed by atoms with Crippen molar-refractivity contribution in [2.24, 2.45) is 0 Å². The van der Waals surface area contributed by atoms with Gasteiger partial charge in [-0.1, -0.05) is 13.0 Å². The first-order valence-electron chi connectivity index (χ1n) is 6.06. The van der Waals surface area contributed by atoms with Crippen molar-refractivity contribution in [2.75, 3.05) is 6.54 Å². The lowest BCUT2D eigenvalue weighted by molar-refractivity contribution is 0.627. The van der Waals surface area contributed by atoms with Crippen LogP contribution >= 0.6 is 0 Å². The SMILES string of the molecule is CCCNCc1ccc(F)c(-c2cnccn2)c1. The van der Waals surface area contributed by atoms with Crippen molar-refractivity contribution in [1.29, 1.82) is 0 Å². The number of aromatic nitrogens is 2. The number of halogens is 1. The second-order valence-corrected chi connectivity index (χ2v) is 4.08. The summed E-state index contributed by atoms with van der Waals surface area (Å²) in [5, 5.41) is 3.29.